The number of alkyl halides is 1. The van der Waals surface area contributed by atoms with Crippen molar-refractivity contribution < 1.29 is 4.79 Å². The van der Waals surface area contributed by atoms with Crippen LogP contribution in [-0.4, -0.2) is 29.8 Å². The van der Waals surface area contributed by atoms with E-state index >= 15 is 0 Å². The third-order valence-electron chi connectivity index (χ3n) is 4.67. The van der Waals surface area contributed by atoms with Gasteiger partial charge >= 0.3 is 0 Å². The molecule has 2 rings (SSSR count). The predicted molar refractivity (Wildman–Crippen MR) is 71.1 cm³/mol. The molecule has 0 aromatic heterocycles. The highest BCUT2D eigenvalue weighted by Gasteiger charge is 2.42. The third kappa shape index (κ3) is 2.78. The van der Waals surface area contributed by atoms with Gasteiger partial charge in [0.05, 0.1) is 0 Å². The summed E-state index contributed by atoms with van der Waals surface area (Å²) >= 11 is 5.78. The summed E-state index contributed by atoms with van der Waals surface area (Å²) in [5.74, 6) is 2.03. The molecular weight excluding hydrogens is 234 g/mol. The van der Waals surface area contributed by atoms with Gasteiger partial charge in [-0.3, -0.25) is 4.79 Å². The van der Waals surface area contributed by atoms with E-state index in [9.17, 15) is 4.79 Å². The summed E-state index contributed by atoms with van der Waals surface area (Å²) in [4.78, 5) is 14.6. The number of nitrogens with zero attached hydrogens (tertiary/aromatic N) is 1. The Hall–Kier alpha value is -0.240. The minimum absolute atomic E-state index is 0.210. The van der Waals surface area contributed by atoms with Gasteiger partial charge in [-0.15, -0.1) is 11.6 Å². The number of carbonyl (C=O) groups is 1. The molecule has 1 saturated heterocycles. The zero-order valence-electron chi connectivity index (χ0n) is 11.0. The van der Waals surface area contributed by atoms with Crippen LogP contribution in [0.15, 0.2) is 0 Å². The number of halogens is 1. The van der Waals surface area contributed by atoms with Gasteiger partial charge in [-0.25, -0.2) is 0 Å². The third-order valence-corrected chi connectivity index (χ3v) is 4.89. The summed E-state index contributed by atoms with van der Waals surface area (Å²) in [6, 6.07) is 0. The van der Waals surface area contributed by atoms with Gasteiger partial charge in [0.2, 0.25) is 5.91 Å². The van der Waals surface area contributed by atoms with Gasteiger partial charge in [-0.2, -0.15) is 0 Å². The van der Waals surface area contributed by atoms with Gasteiger partial charge < -0.3 is 4.90 Å². The van der Waals surface area contributed by atoms with Crippen molar-refractivity contribution in [2.45, 2.75) is 46.0 Å². The Morgan fingerprint density at radius 1 is 1.41 bits per heavy atom. The summed E-state index contributed by atoms with van der Waals surface area (Å²) in [7, 11) is 0. The molecule has 17 heavy (non-hydrogen) atoms. The molecule has 2 fully saturated rings. The number of carbonyl (C=O) groups excluding carboxylic acids is 1. The van der Waals surface area contributed by atoms with Crippen molar-refractivity contribution in [2.24, 2.45) is 17.3 Å². The van der Waals surface area contributed by atoms with Crippen molar-refractivity contribution in [3.63, 3.8) is 0 Å². The van der Waals surface area contributed by atoms with Gasteiger partial charge in [0, 0.05) is 24.9 Å². The standard InChI is InChI=1S/C14H24ClNO/c1-14(2)7-3-4-12(14)13(17)16-9-6-11(10-16)5-8-15/h11-12H,3-10H2,1-2H3. The smallest absolute Gasteiger partial charge is 0.226 e. The van der Waals surface area contributed by atoms with Crippen LogP contribution in [0.2, 0.25) is 0 Å². The van der Waals surface area contributed by atoms with E-state index in [0.717, 1.165) is 38.2 Å². The Bertz CT molecular complexity index is 290. The lowest BCUT2D eigenvalue weighted by Gasteiger charge is -2.30. The number of rotatable bonds is 3. The lowest BCUT2D eigenvalue weighted by molar-refractivity contribution is -0.137. The molecule has 1 amide bonds. The van der Waals surface area contributed by atoms with Crippen molar-refractivity contribution in [3.05, 3.63) is 0 Å². The average Bonchev–Trinajstić information content (AvgIpc) is 2.84. The molecule has 2 atom stereocenters. The van der Waals surface area contributed by atoms with Crippen molar-refractivity contribution in [3.8, 4) is 0 Å². The highest BCUT2D eigenvalue weighted by Crippen LogP contribution is 2.44. The zero-order chi connectivity index (χ0) is 12.5. The zero-order valence-corrected chi connectivity index (χ0v) is 11.8. The van der Waals surface area contributed by atoms with E-state index in [1.165, 1.54) is 12.8 Å². The first kappa shape index (κ1) is 13.2. The van der Waals surface area contributed by atoms with Crippen molar-refractivity contribution in [1.82, 2.24) is 4.90 Å². The average molecular weight is 258 g/mol. The van der Waals surface area contributed by atoms with Crippen LogP contribution in [0.4, 0.5) is 0 Å². The lowest BCUT2D eigenvalue weighted by atomic mass is 9.81. The molecule has 98 valence electrons. The fourth-order valence-corrected chi connectivity index (χ4v) is 3.74. The van der Waals surface area contributed by atoms with Crippen LogP contribution in [0.3, 0.4) is 0 Å². The Morgan fingerprint density at radius 3 is 2.76 bits per heavy atom. The van der Waals surface area contributed by atoms with Crippen LogP contribution >= 0.6 is 11.6 Å². The normalized spacial score (nSPS) is 32.1. The van der Waals surface area contributed by atoms with Crippen molar-refractivity contribution in [2.75, 3.05) is 19.0 Å². The van der Waals surface area contributed by atoms with Crippen molar-refractivity contribution >= 4 is 17.5 Å². The first-order valence-electron chi connectivity index (χ1n) is 6.89. The van der Waals surface area contributed by atoms with E-state index in [0.29, 0.717) is 11.8 Å². The van der Waals surface area contributed by atoms with Crippen LogP contribution in [0.5, 0.6) is 0 Å². The predicted octanol–water partition coefficient (Wildman–Crippen LogP) is 3.29. The van der Waals surface area contributed by atoms with Gasteiger partial charge in [0.1, 0.15) is 0 Å². The second-order valence-corrected chi connectivity index (χ2v) is 6.73. The molecule has 0 aromatic carbocycles. The highest BCUT2D eigenvalue weighted by atomic mass is 35.5. The summed E-state index contributed by atoms with van der Waals surface area (Å²) in [5.41, 5.74) is 0.210. The molecule has 0 N–H and O–H groups in total. The largest absolute Gasteiger partial charge is 0.342 e. The second kappa shape index (κ2) is 5.17. The molecule has 1 heterocycles. The minimum Gasteiger partial charge on any atom is -0.342 e. The molecule has 2 unspecified atom stereocenters. The first-order valence-corrected chi connectivity index (χ1v) is 7.43. The van der Waals surface area contributed by atoms with E-state index in [-0.39, 0.29) is 11.3 Å². The molecule has 1 saturated carbocycles. The van der Waals surface area contributed by atoms with Gasteiger partial charge in [0.25, 0.3) is 0 Å². The molecule has 0 bridgehead atoms. The Balaban J connectivity index is 1.93. The number of amides is 1. The van der Waals surface area contributed by atoms with Gasteiger partial charge in [-0.05, 0) is 37.0 Å². The Labute approximate surface area is 110 Å². The van der Waals surface area contributed by atoms with E-state index in [1.807, 2.05) is 0 Å². The molecule has 3 heteroatoms. The van der Waals surface area contributed by atoms with Crippen LogP contribution < -0.4 is 0 Å². The second-order valence-electron chi connectivity index (χ2n) is 6.35. The van der Waals surface area contributed by atoms with Crippen LogP contribution in [0.1, 0.15) is 46.0 Å². The van der Waals surface area contributed by atoms with Gasteiger partial charge in [-0.1, -0.05) is 20.3 Å². The SMILES string of the molecule is CC1(C)CCCC1C(=O)N1CCC(CCCl)C1. The van der Waals surface area contributed by atoms with Crippen LogP contribution in [0, 0.1) is 17.3 Å². The maximum atomic E-state index is 12.5. The van der Waals surface area contributed by atoms with E-state index in [1.54, 1.807) is 0 Å². The monoisotopic (exact) mass is 257 g/mol. The highest BCUT2D eigenvalue weighted by molar-refractivity contribution is 6.17. The van der Waals surface area contributed by atoms with Gasteiger partial charge in [0.15, 0.2) is 0 Å². The maximum Gasteiger partial charge on any atom is 0.226 e. The first-order chi connectivity index (χ1) is 8.04. The minimum atomic E-state index is 0.210. The molecule has 0 aromatic rings. The quantitative estimate of drug-likeness (QED) is 0.711. The molecule has 1 aliphatic carbocycles. The molecule has 0 radical (unpaired) electrons. The topological polar surface area (TPSA) is 20.3 Å². The Kier molecular flexibility index (Phi) is 4.02. The summed E-state index contributed by atoms with van der Waals surface area (Å²) in [6.45, 7) is 6.38. The van der Waals surface area contributed by atoms with Crippen LogP contribution in [0.25, 0.3) is 0 Å². The summed E-state index contributed by atoms with van der Waals surface area (Å²) in [6.07, 6.45) is 5.69. The lowest BCUT2D eigenvalue weighted by Crippen LogP contribution is -2.38. The van der Waals surface area contributed by atoms with Crippen molar-refractivity contribution in [1.29, 1.82) is 0 Å². The summed E-state index contributed by atoms with van der Waals surface area (Å²) in [5, 5.41) is 0. The Morgan fingerprint density at radius 2 is 2.18 bits per heavy atom. The number of hydrogen-bond acceptors (Lipinski definition) is 1. The maximum absolute atomic E-state index is 12.5. The molecule has 2 nitrogen and oxygen atoms in total. The summed E-state index contributed by atoms with van der Waals surface area (Å²) < 4.78 is 0. The van der Waals surface area contributed by atoms with E-state index in [4.69, 9.17) is 11.6 Å². The van der Waals surface area contributed by atoms with E-state index < -0.39 is 0 Å². The number of likely N-dealkylation sites (tertiary alicyclic amines) is 1. The molecule has 1 aliphatic heterocycles. The fourth-order valence-electron chi connectivity index (χ4n) is 3.43. The molecule has 2 aliphatic rings. The van der Waals surface area contributed by atoms with Crippen LogP contribution in [-0.2, 0) is 4.79 Å². The fraction of sp³-hybridized carbons (Fsp3) is 0.929. The number of hydrogen-bond donors (Lipinski definition) is 0. The molecule has 0 spiro atoms. The molecular formula is C14H24ClNO. The van der Waals surface area contributed by atoms with E-state index in [2.05, 4.69) is 18.7 Å².